The number of anilines is 1. The lowest BCUT2D eigenvalue weighted by molar-refractivity contribution is 0.102. The van der Waals surface area contributed by atoms with Crippen molar-refractivity contribution in [2.24, 2.45) is 0 Å². The van der Waals surface area contributed by atoms with E-state index in [1.54, 1.807) is 6.92 Å². The normalized spacial score (nSPS) is 10.7. The smallest absolute Gasteiger partial charge is 0.259 e. The molecule has 2 rings (SSSR count). The molecule has 0 saturated heterocycles. The first-order chi connectivity index (χ1) is 12.3. The molecule has 0 aliphatic carbocycles. The van der Waals surface area contributed by atoms with Crippen LogP contribution in [0.25, 0.3) is 0 Å². The van der Waals surface area contributed by atoms with Crippen LogP contribution in [0.15, 0.2) is 12.1 Å². The van der Waals surface area contributed by atoms with Gasteiger partial charge in [-0.25, -0.2) is 0 Å². The van der Waals surface area contributed by atoms with E-state index in [4.69, 9.17) is 16.3 Å². The first-order valence-corrected chi connectivity index (χ1v) is 10.2. The van der Waals surface area contributed by atoms with E-state index in [9.17, 15) is 4.79 Å². The summed E-state index contributed by atoms with van der Waals surface area (Å²) in [6.45, 7) is 10.1. The van der Waals surface area contributed by atoms with Gasteiger partial charge in [0.15, 0.2) is 5.75 Å². The number of aromatic nitrogens is 1. The number of benzene rings is 1. The van der Waals surface area contributed by atoms with Gasteiger partial charge in [-0.2, -0.15) is 0 Å². The molecular formula is C20H24ClIN2O2. The number of carbonyl (C=O) groups excluding carboxylic acids is 1. The van der Waals surface area contributed by atoms with Crippen molar-refractivity contribution in [2.75, 3.05) is 11.9 Å². The van der Waals surface area contributed by atoms with Crippen LogP contribution in [-0.2, 0) is 12.8 Å². The Bertz CT molecular complexity index is 812. The molecule has 140 valence electrons. The van der Waals surface area contributed by atoms with Crippen molar-refractivity contribution in [3.63, 3.8) is 0 Å². The van der Waals surface area contributed by atoms with Gasteiger partial charge in [0.2, 0.25) is 0 Å². The Kier molecular flexibility index (Phi) is 7.29. The minimum atomic E-state index is -0.258. The number of halogens is 2. The summed E-state index contributed by atoms with van der Waals surface area (Å²) < 4.78 is 6.76. The van der Waals surface area contributed by atoms with Crippen LogP contribution in [0.3, 0.4) is 0 Å². The summed E-state index contributed by atoms with van der Waals surface area (Å²) in [6, 6.07) is 4.20. The molecule has 4 nitrogen and oxygen atoms in total. The molecule has 2 aromatic rings. The van der Waals surface area contributed by atoms with E-state index in [2.05, 4.69) is 58.9 Å². The van der Waals surface area contributed by atoms with Gasteiger partial charge in [0, 0.05) is 9.26 Å². The summed E-state index contributed by atoms with van der Waals surface area (Å²) in [5.74, 6) is 0.213. The van der Waals surface area contributed by atoms with E-state index in [1.165, 1.54) is 3.57 Å². The molecule has 1 aromatic heterocycles. The zero-order valence-corrected chi connectivity index (χ0v) is 18.7. The molecule has 1 aromatic carbocycles. The Morgan fingerprint density at radius 3 is 2.23 bits per heavy atom. The number of hydrogen-bond acceptors (Lipinski definition) is 3. The highest BCUT2D eigenvalue weighted by Crippen LogP contribution is 2.34. The van der Waals surface area contributed by atoms with Crippen LogP contribution < -0.4 is 10.1 Å². The highest BCUT2D eigenvalue weighted by Gasteiger charge is 2.22. The predicted molar refractivity (Wildman–Crippen MR) is 116 cm³/mol. The number of ether oxygens (including phenoxy) is 1. The van der Waals surface area contributed by atoms with Crippen LogP contribution in [0.2, 0.25) is 5.02 Å². The number of hydrogen-bond donors (Lipinski definition) is 1. The Morgan fingerprint density at radius 1 is 1.15 bits per heavy atom. The van der Waals surface area contributed by atoms with Gasteiger partial charge in [0.25, 0.3) is 5.91 Å². The highest BCUT2D eigenvalue weighted by atomic mass is 127. The third-order valence-electron chi connectivity index (χ3n) is 4.23. The summed E-state index contributed by atoms with van der Waals surface area (Å²) in [6.07, 6.45) is 1.67. The maximum atomic E-state index is 13.1. The Labute approximate surface area is 173 Å². The van der Waals surface area contributed by atoms with Crippen LogP contribution in [-0.4, -0.2) is 17.5 Å². The van der Waals surface area contributed by atoms with Gasteiger partial charge in [-0.1, -0.05) is 25.4 Å². The number of pyridine rings is 1. The van der Waals surface area contributed by atoms with Gasteiger partial charge in [-0.05, 0) is 79.5 Å². The second-order valence-electron chi connectivity index (χ2n) is 5.99. The third-order valence-corrected chi connectivity index (χ3v) is 5.21. The van der Waals surface area contributed by atoms with Gasteiger partial charge in [-0.15, -0.1) is 0 Å². The zero-order valence-electron chi connectivity index (χ0n) is 15.8. The van der Waals surface area contributed by atoms with E-state index in [0.29, 0.717) is 34.3 Å². The summed E-state index contributed by atoms with van der Waals surface area (Å²) in [7, 11) is 0. The van der Waals surface area contributed by atoms with Crippen molar-refractivity contribution < 1.29 is 9.53 Å². The van der Waals surface area contributed by atoms with Gasteiger partial charge < -0.3 is 10.1 Å². The van der Waals surface area contributed by atoms with Crippen LogP contribution in [0.5, 0.6) is 5.75 Å². The first kappa shape index (κ1) is 21.0. The standard InChI is InChI=1S/C20H24ClIN2O2/c1-6-13-9-15(22)10-14(7-2)18(13)24-20(25)16-11(4)23-12(5)19(17(16)21)26-8-3/h9-10H,6-8H2,1-5H3,(H,24,25). The molecule has 1 heterocycles. The van der Waals surface area contributed by atoms with Crippen LogP contribution in [0, 0.1) is 17.4 Å². The Morgan fingerprint density at radius 2 is 1.73 bits per heavy atom. The maximum absolute atomic E-state index is 13.1. The van der Waals surface area contributed by atoms with Crippen molar-refractivity contribution in [1.82, 2.24) is 4.98 Å². The number of rotatable bonds is 6. The molecule has 0 aliphatic rings. The van der Waals surface area contributed by atoms with E-state index in [1.807, 2.05) is 13.8 Å². The minimum absolute atomic E-state index is 0.258. The van der Waals surface area contributed by atoms with Crippen LogP contribution in [0.4, 0.5) is 5.69 Å². The van der Waals surface area contributed by atoms with E-state index >= 15 is 0 Å². The molecule has 1 amide bonds. The average molecular weight is 487 g/mol. The topological polar surface area (TPSA) is 51.2 Å². The Hall–Kier alpha value is -1.34. The third kappa shape index (κ3) is 4.31. The minimum Gasteiger partial charge on any atom is -0.490 e. The molecule has 0 spiro atoms. The monoisotopic (exact) mass is 486 g/mol. The summed E-state index contributed by atoms with van der Waals surface area (Å²) in [4.78, 5) is 17.5. The molecule has 6 heteroatoms. The first-order valence-electron chi connectivity index (χ1n) is 8.76. The molecule has 26 heavy (non-hydrogen) atoms. The van der Waals surface area contributed by atoms with Crippen molar-refractivity contribution >= 4 is 45.8 Å². The lowest BCUT2D eigenvalue weighted by atomic mass is 10.0. The van der Waals surface area contributed by atoms with Gasteiger partial charge >= 0.3 is 0 Å². The second kappa shape index (κ2) is 9.04. The molecule has 0 atom stereocenters. The number of aryl methyl sites for hydroxylation is 4. The van der Waals surface area contributed by atoms with E-state index in [-0.39, 0.29) is 5.91 Å². The van der Waals surface area contributed by atoms with Crippen LogP contribution in [0.1, 0.15) is 53.6 Å². The summed E-state index contributed by atoms with van der Waals surface area (Å²) in [5, 5.41) is 3.39. The molecule has 1 N–H and O–H groups in total. The largest absolute Gasteiger partial charge is 0.490 e. The van der Waals surface area contributed by atoms with Crippen molar-refractivity contribution in [2.45, 2.75) is 47.5 Å². The molecular weight excluding hydrogens is 463 g/mol. The second-order valence-corrected chi connectivity index (χ2v) is 7.62. The number of amides is 1. The average Bonchev–Trinajstić information content (AvgIpc) is 2.59. The fraction of sp³-hybridized carbons (Fsp3) is 0.400. The summed E-state index contributed by atoms with van der Waals surface area (Å²) in [5.41, 5.74) is 4.73. The molecule has 0 bridgehead atoms. The lowest BCUT2D eigenvalue weighted by Gasteiger charge is -2.18. The van der Waals surface area contributed by atoms with E-state index in [0.717, 1.165) is 29.7 Å². The van der Waals surface area contributed by atoms with Crippen molar-refractivity contribution in [3.8, 4) is 5.75 Å². The van der Waals surface area contributed by atoms with E-state index < -0.39 is 0 Å². The molecule has 0 aliphatic heterocycles. The van der Waals surface area contributed by atoms with Crippen molar-refractivity contribution in [3.05, 3.63) is 48.8 Å². The number of carbonyl (C=O) groups is 1. The lowest BCUT2D eigenvalue weighted by Crippen LogP contribution is -2.18. The number of nitrogens with zero attached hydrogens (tertiary/aromatic N) is 1. The molecule has 0 radical (unpaired) electrons. The Balaban J connectivity index is 2.51. The SMILES string of the molecule is CCOc1c(C)nc(C)c(C(=O)Nc2c(CC)cc(I)cc2CC)c1Cl. The van der Waals surface area contributed by atoms with Crippen molar-refractivity contribution in [1.29, 1.82) is 0 Å². The summed E-state index contributed by atoms with van der Waals surface area (Å²) >= 11 is 8.81. The molecule has 0 fully saturated rings. The maximum Gasteiger partial charge on any atom is 0.259 e. The number of nitrogens with one attached hydrogen (secondary N) is 1. The molecule has 0 unspecified atom stereocenters. The highest BCUT2D eigenvalue weighted by molar-refractivity contribution is 14.1. The van der Waals surface area contributed by atoms with Gasteiger partial charge in [0.1, 0.15) is 0 Å². The fourth-order valence-corrected chi connectivity index (χ4v) is 4.15. The zero-order chi connectivity index (χ0) is 19.4. The molecule has 0 saturated carbocycles. The van der Waals surface area contributed by atoms with Crippen LogP contribution >= 0.6 is 34.2 Å². The predicted octanol–water partition coefficient (Wildman–Crippen LogP) is 5.73. The van der Waals surface area contributed by atoms with Gasteiger partial charge in [-0.3, -0.25) is 9.78 Å². The fourth-order valence-electron chi connectivity index (χ4n) is 2.98. The van der Waals surface area contributed by atoms with Gasteiger partial charge in [0.05, 0.1) is 28.6 Å². The quantitative estimate of drug-likeness (QED) is 0.530.